The molecule has 0 saturated carbocycles. The summed E-state index contributed by atoms with van der Waals surface area (Å²) >= 11 is 1.70. The van der Waals surface area contributed by atoms with E-state index in [1.54, 1.807) is 18.9 Å². The molecule has 0 bridgehead atoms. The molecule has 142 valence electrons. The lowest BCUT2D eigenvalue weighted by molar-refractivity contribution is 0.209. The molecule has 0 radical (unpaired) electrons. The highest BCUT2D eigenvalue weighted by molar-refractivity contribution is 7.98. The predicted molar refractivity (Wildman–Crippen MR) is 108 cm³/mol. The van der Waals surface area contributed by atoms with Crippen molar-refractivity contribution in [2.75, 3.05) is 7.11 Å². The second kappa shape index (κ2) is 8.95. The van der Waals surface area contributed by atoms with E-state index in [0.29, 0.717) is 0 Å². The molecule has 1 aromatic heterocycles. The molecule has 0 amide bonds. The van der Waals surface area contributed by atoms with E-state index >= 15 is 0 Å². The lowest BCUT2D eigenvalue weighted by atomic mass is 10.2. The van der Waals surface area contributed by atoms with Crippen molar-refractivity contribution in [3.63, 3.8) is 0 Å². The molecule has 27 heavy (non-hydrogen) atoms. The summed E-state index contributed by atoms with van der Waals surface area (Å²) in [6.45, 7) is 6.99. The minimum Gasteiger partial charge on any atom is -0.497 e. The van der Waals surface area contributed by atoms with Crippen molar-refractivity contribution in [1.29, 1.82) is 0 Å². The first-order valence-corrected chi connectivity index (χ1v) is 10.0. The number of ether oxygens (including phenoxy) is 2. The average Bonchev–Trinajstić information content (AvgIpc) is 3.11. The topological polar surface area (TPSA) is 49.2 Å². The zero-order valence-corrected chi connectivity index (χ0v) is 17.0. The first kappa shape index (κ1) is 19.3. The Labute approximate surface area is 164 Å². The molecule has 1 unspecified atom stereocenters. The number of hydrogen-bond donors (Lipinski definition) is 0. The molecule has 6 heteroatoms. The number of thioether (sulfide) groups is 1. The van der Waals surface area contributed by atoms with Crippen LogP contribution in [-0.4, -0.2) is 21.9 Å². The Morgan fingerprint density at radius 2 is 1.67 bits per heavy atom. The van der Waals surface area contributed by atoms with E-state index in [9.17, 15) is 0 Å². The third-order valence-electron chi connectivity index (χ3n) is 4.29. The van der Waals surface area contributed by atoms with Crippen LogP contribution in [0.2, 0.25) is 0 Å². The number of rotatable bonds is 8. The number of nitrogens with zero attached hydrogens (tertiary/aromatic N) is 3. The number of aromatic nitrogens is 3. The zero-order valence-electron chi connectivity index (χ0n) is 16.2. The van der Waals surface area contributed by atoms with Crippen molar-refractivity contribution in [3.05, 3.63) is 65.5 Å². The van der Waals surface area contributed by atoms with E-state index < -0.39 is 0 Å². The van der Waals surface area contributed by atoms with Gasteiger partial charge in [-0.1, -0.05) is 41.6 Å². The van der Waals surface area contributed by atoms with Crippen molar-refractivity contribution in [2.24, 2.45) is 0 Å². The summed E-state index contributed by atoms with van der Waals surface area (Å²) in [6.07, 6.45) is -0.195. The van der Waals surface area contributed by atoms with E-state index in [-0.39, 0.29) is 6.10 Å². The van der Waals surface area contributed by atoms with Gasteiger partial charge in [-0.2, -0.15) is 0 Å². The van der Waals surface area contributed by atoms with Crippen molar-refractivity contribution in [1.82, 2.24) is 14.8 Å². The third-order valence-corrected chi connectivity index (χ3v) is 5.32. The fraction of sp³-hybridized carbons (Fsp3) is 0.333. The number of methoxy groups -OCH3 is 1. The zero-order chi connectivity index (χ0) is 19.2. The minimum absolute atomic E-state index is 0.195. The van der Waals surface area contributed by atoms with Gasteiger partial charge in [0.1, 0.15) is 11.5 Å². The number of benzene rings is 2. The Morgan fingerprint density at radius 3 is 2.30 bits per heavy atom. The summed E-state index contributed by atoms with van der Waals surface area (Å²) < 4.78 is 13.3. The van der Waals surface area contributed by atoms with Gasteiger partial charge in [0.2, 0.25) is 0 Å². The normalized spacial score (nSPS) is 12.0. The van der Waals surface area contributed by atoms with Crippen LogP contribution in [0.5, 0.6) is 11.5 Å². The molecular formula is C21H25N3O2S. The highest BCUT2D eigenvalue weighted by atomic mass is 32.2. The van der Waals surface area contributed by atoms with Crippen molar-refractivity contribution >= 4 is 11.8 Å². The van der Waals surface area contributed by atoms with Crippen LogP contribution in [0, 0.1) is 6.92 Å². The van der Waals surface area contributed by atoms with E-state index in [0.717, 1.165) is 34.8 Å². The van der Waals surface area contributed by atoms with Gasteiger partial charge in [-0.25, -0.2) is 0 Å². The smallest absolute Gasteiger partial charge is 0.191 e. The molecule has 1 atom stereocenters. The molecule has 0 aliphatic rings. The summed E-state index contributed by atoms with van der Waals surface area (Å²) in [5.74, 6) is 3.29. The number of hydrogen-bond acceptors (Lipinski definition) is 5. The van der Waals surface area contributed by atoms with Gasteiger partial charge in [-0.3, -0.25) is 0 Å². The molecule has 1 heterocycles. The molecule has 0 aliphatic carbocycles. The van der Waals surface area contributed by atoms with Crippen LogP contribution in [0.15, 0.2) is 53.7 Å². The Kier molecular flexibility index (Phi) is 6.40. The van der Waals surface area contributed by atoms with Crippen LogP contribution < -0.4 is 9.47 Å². The quantitative estimate of drug-likeness (QED) is 0.510. The van der Waals surface area contributed by atoms with Crippen LogP contribution in [0.4, 0.5) is 0 Å². The maximum Gasteiger partial charge on any atom is 0.191 e. The van der Waals surface area contributed by atoms with Gasteiger partial charge in [0, 0.05) is 12.3 Å². The Bertz CT molecular complexity index is 860. The molecule has 3 rings (SSSR count). The second-order valence-corrected chi connectivity index (χ2v) is 7.24. The van der Waals surface area contributed by atoms with E-state index in [1.165, 1.54) is 11.1 Å². The van der Waals surface area contributed by atoms with Gasteiger partial charge in [0.05, 0.1) is 7.11 Å². The van der Waals surface area contributed by atoms with Crippen molar-refractivity contribution < 1.29 is 9.47 Å². The van der Waals surface area contributed by atoms with E-state index in [2.05, 4.69) is 52.9 Å². The largest absolute Gasteiger partial charge is 0.497 e. The highest BCUT2D eigenvalue weighted by Gasteiger charge is 2.18. The maximum atomic E-state index is 6.04. The molecule has 2 aromatic carbocycles. The summed E-state index contributed by atoms with van der Waals surface area (Å²) in [7, 11) is 1.65. The molecule has 0 fully saturated rings. The van der Waals surface area contributed by atoms with Crippen LogP contribution in [0.25, 0.3) is 0 Å². The molecule has 0 N–H and O–H groups in total. The monoisotopic (exact) mass is 383 g/mol. The van der Waals surface area contributed by atoms with Gasteiger partial charge in [-0.15, -0.1) is 10.2 Å². The van der Waals surface area contributed by atoms with Gasteiger partial charge < -0.3 is 14.0 Å². The van der Waals surface area contributed by atoms with Crippen LogP contribution in [0.1, 0.15) is 36.9 Å². The molecule has 0 saturated heterocycles. The van der Waals surface area contributed by atoms with E-state index in [1.807, 2.05) is 31.2 Å². The standard InChI is InChI=1S/C21H25N3O2S/c1-5-24-20(16(3)26-19-12-10-18(25-4)11-13-19)22-23-21(24)27-14-17-8-6-15(2)7-9-17/h6-13,16H,5,14H2,1-4H3. The highest BCUT2D eigenvalue weighted by Crippen LogP contribution is 2.27. The first-order chi connectivity index (χ1) is 13.1. The maximum absolute atomic E-state index is 6.04. The minimum atomic E-state index is -0.195. The predicted octanol–water partition coefficient (Wildman–Crippen LogP) is 5.05. The van der Waals surface area contributed by atoms with Crippen LogP contribution in [0.3, 0.4) is 0 Å². The third kappa shape index (κ3) is 4.83. The molecule has 3 aromatic rings. The van der Waals surface area contributed by atoms with Gasteiger partial charge in [0.15, 0.2) is 17.1 Å². The van der Waals surface area contributed by atoms with Crippen molar-refractivity contribution in [3.8, 4) is 11.5 Å². The summed E-state index contributed by atoms with van der Waals surface area (Å²) in [4.78, 5) is 0. The summed E-state index contributed by atoms with van der Waals surface area (Å²) in [5.41, 5.74) is 2.55. The molecular weight excluding hydrogens is 358 g/mol. The first-order valence-electron chi connectivity index (χ1n) is 9.03. The fourth-order valence-corrected chi connectivity index (χ4v) is 3.71. The lowest BCUT2D eigenvalue weighted by Gasteiger charge is -2.16. The Hall–Kier alpha value is -2.47. The summed E-state index contributed by atoms with van der Waals surface area (Å²) in [6, 6.07) is 16.2. The molecule has 0 spiro atoms. The van der Waals surface area contributed by atoms with Crippen LogP contribution in [-0.2, 0) is 12.3 Å². The lowest BCUT2D eigenvalue weighted by Crippen LogP contribution is -2.12. The molecule has 5 nitrogen and oxygen atoms in total. The SMILES string of the molecule is CCn1c(SCc2ccc(C)cc2)nnc1C(C)Oc1ccc(OC)cc1. The second-order valence-electron chi connectivity index (χ2n) is 6.29. The van der Waals surface area contributed by atoms with Gasteiger partial charge in [-0.05, 0) is 50.6 Å². The van der Waals surface area contributed by atoms with Gasteiger partial charge >= 0.3 is 0 Å². The summed E-state index contributed by atoms with van der Waals surface area (Å²) in [5, 5.41) is 9.69. The number of aryl methyl sites for hydroxylation is 1. The van der Waals surface area contributed by atoms with E-state index in [4.69, 9.17) is 9.47 Å². The van der Waals surface area contributed by atoms with Crippen LogP contribution >= 0.6 is 11.8 Å². The fourth-order valence-electron chi connectivity index (χ4n) is 2.75. The Morgan fingerprint density at radius 1 is 1.00 bits per heavy atom. The van der Waals surface area contributed by atoms with Crippen molar-refractivity contribution in [2.45, 2.75) is 44.3 Å². The Balaban J connectivity index is 1.69. The van der Waals surface area contributed by atoms with Gasteiger partial charge in [0.25, 0.3) is 0 Å². The average molecular weight is 384 g/mol. The molecule has 0 aliphatic heterocycles.